The molecular formula is C14H20O2S. The monoisotopic (exact) mass is 252 g/mol. The van der Waals surface area contributed by atoms with Gasteiger partial charge in [-0.3, -0.25) is 4.79 Å². The fourth-order valence-corrected chi connectivity index (χ4v) is 2.60. The summed E-state index contributed by atoms with van der Waals surface area (Å²) in [6.07, 6.45) is 0. The van der Waals surface area contributed by atoms with Gasteiger partial charge in [0, 0.05) is 4.90 Å². The Balaban J connectivity index is 2.89. The number of hydrogen-bond donors (Lipinski definition) is 0. The first kappa shape index (κ1) is 14.1. The van der Waals surface area contributed by atoms with Crippen LogP contribution in [0.3, 0.4) is 0 Å². The molecule has 0 fully saturated rings. The second kappa shape index (κ2) is 5.58. The van der Waals surface area contributed by atoms with Gasteiger partial charge in [0.1, 0.15) is 4.75 Å². The van der Waals surface area contributed by atoms with Crippen molar-refractivity contribution in [3.63, 3.8) is 0 Å². The lowest BCUT2D eigenvalue weighted by Crippen LogP contribution is -2.30. The summed E-state index contributed by atoms with van der Waals surface area (Å²) in [5.41, 5.74) is 2.40. The molecule has 1 aromatic carbocycles. The van der Waals surface area contributed by atoms with E-state index in [1.54, 1.807) is 11.8 Å². The van der Waals surface area contributed by atoms with Crippen LogP contribution in [0.4, 0.5) is 0 Å². The first-order chi connectivity index (χ1) is 7.86. The van der Waals surface area contributed by atoms with Crippen molar-refractivity contribution in [1.82, 2.24) is 0 Å². The van der Waals surface area contributed by atoms with Gasteiger partial charge in [-0.2, -0.15) is 0 Å². The molecule has 0 aromatic heterocycles. The van der Waals surface area contributed by atoms with Gasteiger partial charge in [0.15, 0.2) is 0 Å². The van der Waals surface area contributed by atoms with Gasteiger partial charge < -0.3 is 4.74 Å². The summed E-state index contributed by atoms with van der Waals surface area (Å²) in [5, 5.41) is 0. The number of carbonyl (C=O) groups is 1. The molecule has 0 N–H and O–H groups in total. The molecule has 0 radical (unpaired) electrons. The highest BCUT2D eigenvalue weighted by Crippen LogP contribution is 2.35. The van der Waals surface area contributed by atoms with E-state index in [0.717, 1.165) is 4.90 Å². The Morgan fingerprint density at radius 2 is 2.00 bits per heavy atom. The van der Waals surface area contributed by atoms with Crippen molar-refractivity contribution in [3.05, 3.63) is 29.3 Å². The maximum absolute atomic E-state index is 11.8. The van der Waals surface area contributed by atoms with Gasteiger partial charge in [-0.25, -0.2) is 0 Å². The molecule has 0 atom stereocenters. The van der Waals surface area contributed by atoms with Crippen LogP contribution in [0.25, 0.3) is 0 Å². The van der Waals surface area contributed by atoms with Crippen LogP contribution in [0.5, 0.6) is 0 Å². The fraction of sp³-hybridized carbons (Fsp3) is 0.500. The molecule has 1 aromatic rings. The molecule has 0 unspecified atom stereocenters. The van der Waals surface area contributed by atoms with Crippen molar-refractivity contribution in [2.75, 3.05) is 6.61 Å². The van der Waals surface area contributed by atoms with Crippen molar-refractivity contribution in [2.24, 2.45) is 0 Å². The van der Waals surface area contributed by atoms with Gasteiger partial charge >= 0.3 is 5.97 Å². The van der Waals surface area contributed by atoms with Crippen LogP contribution in [0.2, 0.25) is 0 Å². The van der Waals surface area contributed by atoms with Gasteiger partial charge in [-0.15, -0.1) is 11.8 Å². The zero-order valence-corrected chi connectivity index (χ0v) is 12.0. The van der Waals surface area contributed by atoms with E-state index in [9.17, 15) is 4.79 Å². The summed E-state index contributed by atoms with van der Waals surface area (Å²) >= 11 is 1.56. The zero-order chi connectivity index (χ0) is 13.1. The lowest BCUT2D eigenvalue weighted by molar-refractivity contribution is -0.145. The number of carbonyl (C=O) groups excluding carboxylic acids is 1. The summed E-state index contributed by atoms with van der Waals surface area (Å²) in [6, 6.07) is 6.27. The van der Waals surface area contributed by atoms with Crippen LogP contribution < -0.4 is 0 Å². The molecule has 0 amide bonds. The molecule has 17 heavy (non-hydrogen) atoms. The Hall–Kier alpha value is -0.960. The van der Waals surface area contributed by atoms with E-state index in [1.165, 1.54) is 11.1 Å². The SMILES string of the molecule is CCOC(=O)C(C)(C)Sc1cc(C)ccc1C. The predicted molar refractivity (Wildman–Crippen MR) is 72.5 cm³/mol. The summed E-state index contributed by atoms with van der Waals surface area (Å²) in [6.45, 7) is 10.2. The predicted octanol–water partition coefficient (Wildman–Crippen LogP) is 3.74. The van der Waals surface area contributed by atoms with Gasteiger partial charge in [-0.1, -0.05) is 17.7 Å². The molecule has 0 spiro atoms. The maximum atomic E-state index is 11.8. The van der Waals surface area contributed by atoms with Crippen molar-refractivity contribution in [2.45, 2.75) is 44.3 Å². The van der Waals surface area contributed by atoms with Crippen LogP contribution in [-0.4, -0.2) is 17.3 Å². The molecule has 3 heteroatoms. The van der Waals surface area contributed by atoms with Gasteiger partial charge in [0.05, 0.1) is 6.61 Å². The van der Waals surface area contributed by atoms with Crippen LogP contribution in [0.1, 0.15) is 31.9 Å². The van der Waals surface area contributed by atoms with Crippen molar-refractivity contribution in [1.29, 1.82) is 0 Å². The number of thioether (sulfide) groups is 1. The second-order valence-electron chi connectivity index (χ2n) is 4.60. The Labute approximate surface area is 108 Å². The molecule has 2 nitrogen and oxygen atoms in total. The molecule has 0 saturated heterocycles. The van der Waals surface area contributed by atoms with Crippen molar-refractivity contribution >= 4 is 17.7 Å². The van der Waals surface area contributed by atoms with Crippen LogP contribution in [0, 0.1) is 13.8 Å². The minimum absolute atomic E-state index is 0.161. The Bertz CT molecular complexity index is 411. The van der Waals surface area contributed by atoms with Crippen LogP contribution in [0.15, 0.2) is 23.1 Å². The third-order valence-corrected chi connectivity index (χ3v) is 3.81. The number of hydrogen-bond acceptors (Lipinski definition) is 3. The normalized spacial score (nSPS) is 11.4. The summed E-state index contributed by atoms with van der Waals surface area (Å²) in [4.78, 5) is 13.0. The number of benzene rings is 1. The van der Waals surface area contributed by atoms with Gasteiger partial charge in [0.2, 0.25) is 0 Å². The fourth-order valence-electron chi connectivity index (χ4n) is 1.44. The summed E-state index contributed by atoms with van der Waals surface area (Å²) in [5.74, 6) is -0.161. The molecule has 0 aliphatic carbocycles. The molecule has 1 rings (SSSR count). The van der Waals surface area contributed by atoms with E-state index in [0.29, 0.717) is 6.61 Å². The van der Waals surface area contributed by atoms with E-state index < -0.39 is 4.75 Å². The quantitative estimate of drug-likeness (QED) is 0.603. The van der Waals surface area contributed by atoms with Crippen LogP contribution >= 0.6 is 11.8 Å². The molecule has 0 saturated carbocycles. The highest BCUT2D eigenvalue weighted by molar-refractivity contribution is 8.01. The van der Waals surface area contributed by atoms with Gasteiger partial charge in [-0.05, 0) is 46.2 Å². The minimum Gasteiger partial charge on any atom is -0.465 e. The Morgan fingerprint density at radius 1 is 1.35 bits per heavy atom. The topological polar surface area (TPSA) is 26.3 Å². The van der Waals surface area contributed by atoms with Gasteiger partial charge in [0.25, 0.3) is 0 Å². The first-order valence-corrected chi connectivity index (χ1v) is 6.62. The number of ether oxygens (including phenoxy) is 1. The van der Waals surface area contributed by atoms with E-state index in [2.05, 4.69) is 32.0 Å². The van der Waals surface area contributed by atoms with E-state index >= 15 is 0 Å². The molecule has 0 bridgehead atoms. The summed E-state index contributed by atoms with van der Waals surface area (Å²) in [7, 11) is 0. The zero-order valence-electron chi connectivity index (χ0n) is 11.2. The summed E-state index contributed by atoms with van der Waals surface area (Å²) < 4.78 is 4.54. The molecular weight excluding hydrogens is 232 g/mol. The first-order valence-electron chi connectivity index (χ1n) is 5.80. The third kappa shape index (κ3) is 3.77. The lowest BCUT2D eigenvalue weighted by Gasteiger charge is -2.22. The largest absolute Gasteiger partial charge is 0.465 e. The van der Waals surface area contributed by atoms with E-state index in [4.69, 9.17) is 4.74 Å². The van der Waals surface area contributed by atoms with E-state index in [1.807, 2.05) is 20.8 Å². The minimum atomic E-state index is -0.547. The number of rotatable bonds is 4. The standard InChI is InChI=1S/C14H20O2S/c1-6-16-13(15)14(4,5)17-12-9-10(2)7-8-11(12)3/h7-9H,6H2,1-5H3. The van der Waals surface area contributed by atoms with E-state index in [-0.39, 0.29) is 5.97 Å². The smallest absolute Gasteiger partial charge is 0.321 e. The number of esters is 1. The Morgan fingerprint density at radius 3 is 2.59 bits per heavy atom. The molecule has 0 heterocycles. The maximum Gasteiger partial charge on any atom is 0.321 e. The van der Waals surface area contributed by atoms with Crippen LogP contribution in [-0.2, 0) is 9.53 Å². The lowest BCUT2D eigenvalue weighted by atomic mass is 10.2. The second-order valence-corrected chi connectivity index (χ2v) is 6.27. The highest BCUT2D eigenvalue weighted by atomic mass is 32.2. The Kier molecular flexibility index (Phi) is 4.63. The van der Waals surface area contributed by atoms with Crippen molar-refractivity contribution in [3.8, 4) is 0 Å². The molecule has 0 aliphatic heterocycles. The third-order valence-electron chi connectivity index (χ3n) is 2.48. The van der Waals surface area contributed by atoms with Crippen molar-refractivity contribution < 1.29 is 9.53 Å². The molecule has 0 aliphatic rings. The molecule has 94 valence electrons. The average Bonchev–Trinajstić information content (AvgIpc) is 2.23. The number of aryl methyl sites for hydroxylation is 2. The average molecular weight is 252 g/mol. The highest BCUT2D eigenvalue weighted by Gasteiger charge is 2.30.